The number of fused-ring (bicyclic) bond motifs is 1. The summed E-state index contributed by atoms with van der Waals surface area (Å²) in [4.78, 5) is 2.33. The second-order valence-corrected chi connectivity index (χ2v) is 4.70. The van der Waals surface area contributed by atoms with E-state index >= 15 is 0 Å². The molecule has 3 rings (SSSR count). The van der Waals surface area contributed by atoms with Gasteiger partial charge in [0.1, 0.15) is 0 Å². The summed E-state index contributed by atoms with van der Waals surface area (Å²) in [6.45, 7) is 16.2. The molecule has 1 aromatic heterocycles. The first-order chi connectivity index (χ1) is 9.25. The third-order valence-electron chi connectivity index (χ3n) is 3.40. The highest BCUT2D eigenvalue weighted by Gasteiger charge is 2.29. The van der Waals surface area contributed by atoms with E-state index in [4.69, 9.17) is 0 Å². The maximum Gasteiger partial charge on any atom is 0.0542 e. The molecule has 2 heterocycles. The fourth-order valence-corrected chi connectivity index (χ4v) is 2.32. The first-order valence-electron chi connectivity index (χ1n) is 7.71. The first kappa shape index (κ1) is 15.8. The topological polar surface area (TPSA) is 21.1 Å². The van der Waals surface area contributed by atoms with Crippen LogP contribution in [0.15, 0.2) is 18.5 Å². The molecule has 0 radical (unpaired) electrons. The molecular formula is C16H29N3. The van der Waals surface area contributed by atoms with E-state index in [-0.39, 0.29) is 0 Å². The highest BCUT2D eigenvalue weighted by molar-refractivity contribution is 5.23. The Kier molecular flexibility index (Phi) is 6.13. The summed E-state index contributed by atoms with van der Waals surface area (Å²) in [5, 5.41) is 4.51. The molecule has 1 fully saturated rings. The van der Waals surface area contributed by atoms with Crippen molar-refractivity contribution in [3.8, 4) is 0 Å². The monoisotopic (exact) mass is 263 g/mol. The predicted molar refractivity (Wildman–Crippen MR) is 82.1 cm³/mol. The van der Waals surface area contributed by atoms with Crippen LogP contribution in [0.3, 0.4) is 0 Å². The van der Waals surface area contributed by atoms with E-state index in [9.17, 15) is 0 Å². The summed E-state index contributed by atoms with van der Waals surface area (Å²) in [6.07, 6.45) is 5.80. The highest BCUT2D eigenvalue weighted by atomic mass is 15.3. The lowest BCUT2D eigenvalue weighted by Gasteiger charge is -2.29. The summed E-state index contributed by atoms with van der Waals surface area (Å²) in [5.41, 5.74) is 4.03. The Morgan fingerprint density at radius 3 is 2.42 bits per heavy atom. The Bertz CT molecular complexity index is 402. The fourth-order valence-electron chi connectivity index (χ4n) is 2.32. The second kappa shape index (κ2) is 7.37. The minimum atomic E-state index is 0.713. The van der Waals surface area contributed by atoms with Crippen molar-refractivity contribution in [2.24, 2.45) is 0 Å². The van der Waals surface area contributed by atoms with Crippen molar-refractivity contribution in [1.29, 1.82) is 0 Å². The summed E-state index contributed by atoms with van der Waals surface area (Å²) < 4.78 is 2.26. The Morgan fingerprint density at radius 1 is 1.26 bits per heavy atom. The zero-order chi connectivity index (χ0) is 14.4. The molecule has 2 aliphatic rings. The lowest BCUT2D eigenvalue weighted by molar-refractivity contribution is 0.318. The van der Waals surface area contributed by atoms with Gasteiger partial charge in [0, 0.05) is 36.5 Å². The molecule has 19 heavy (non-hydrogen) atoms. The van der Waals surface area contributed by atoms with Gasteiger partial charge < -0.3 is 4.90 Å². The SMILES string of the molecule is C=C(C)N1CCc2c(cnn2C2CC2)C1.CC.CC. The molecule has 0 bridgehead atoms. The average molecular weight is 263 g/mol. The largest absolute Gasteiger partial charge is 0.371 e. The zero-order valence-corrected chi connectivity index (χ0v) is 13.2. The van der Waals surface area contributed by atoms with Gasteiger partial charge in [-0.15, -0.1) is 0 Å². The summed E-state index contributed by atoms with van der Waals surface area (Å²) >= 11 is 0. The van der Waals surface area contributed by atoms with Gasteiger partial charge in [-0.3, -0.25) is 4.68 Å². The van der Waals surface area contributed by atoms with E-state index < -0.39 is 0 Å². The van der Waals surface area contributed by atoms with Crippen molar-refractivity contribution in [3.05, 3.63) is 29.7 Å². The smallest absolute Gasteiger partial charge is 0.0542 e. The first-order valence-corrected chi connectivity index (χ1v) is 7.71. The van der Waals surface area contributed by atoms with Gasteiger partial charge in [-0.2, -0.15) is 5.10 Å². The summed E-state index contributed by atoms with van der Waals surface area (Å²) in [7, 11) is 0. The maximum absolute atomic E-state index is 4.51. The van der Waals surface area contributed by atoms with Crippen LogP contribution in [0.1, 0.15) is 64.8 Å². The molecule has 0 aromatic carbocycles. The van der Waals surface area contributed by atoms with Gasteiger partial charge in [0.15, 0.2) is 0 Å². The number of rotatable bonds is 2. The van der Waals surface area contributed by atoms with Crippen LogP contribution in [0.5, 0.6) is 0 Å². The van der Waals surface area contributed by atoms with E-state index in [1.54, 1.807) is 0 Å². The molecule has 0 atom stereocenters. The molecule has 1 aliphatic heterocycles. The van der Waals surface area contributed by atoms with Gasteiger partial charge in [0.05, 0.1) is 12.2 Å². The van der Waals surface area contributed by atoms with Crippen molar-refractivity contribution >= 4 is 0 Å². The predicted octanol–water partition coefficient (Wildman–Crippen LogP) is 4.16. The molecular weight excluding hydrogens is 234 g/mol. The van der Waals surface area contributed by atoms with Crippen LogP contribution in [0.2, 0.25) is 0 Å². The molecule has 3 nitrogen and oxygen atoms in total. The molecule has 108 valence electrons. The van der Waals surface area contributed by atoms with Gasteiger partial charge in [0.25, 0.3) is 0 Å². The molecule has 0 saturated heterocycles. The highest BCUT2D eigenvalue weighted by Crippen LogP contribution is 2.37. The van der Waals surface area contributed by atoms with Crippen molar-refractivity contribution in [3.63, 3.8) is 0 Å². The molecule has 0 spiro atoms. The van der Waals surface area contributed by atoms with E-state index in [2.05, 4.69) is 28.2 Å². The van der Waals surface area contributed by atoms with E-state index in [1.807, 2.05) is 33.9 Å². The number of hydrogen-bond donors (Lipinski definition) is 0. The summed E-state index contributed by atoms with van der Waals surface area (Å²) in [5.74, 6) is 0. The quantitative estimate of drug-likeness (QED) is 0.799. The number of hydrogen-bond acceptors (Lipinski definition) is 2. The average Bonchev–Trinajstić information content (AvgIpc) is 3.22. The van der Waals surface area contributed by atoms with Gasteiger partial charge in [-0.1, -0.05) is 34.3 Å². The van der Waals surface area contributed by atoms with Crippen molar-refractivity contribution in [1.82, 2.24) is 14.7 Å². The maximum atomic E-state index is 4.51. The standard InChI is InChI=1S/C12H17N3.2C2H6/c1-9(2)14-6-5-12-10(8-14)7-13-15(12)11-3-4-11;2*1-2/h7,11H,1,3-6,8H2,2H3;2*1-2H3. The molecule has 1 aliphatic carbocycles. The minimum absolute atomic E-state index is 0.713. The van der Waals surface area contributed by atoms with Crippen LogP contribution in [0.25, 0.3) is 0 Å². The lowest BCUT2D eigenvalue weighted by atomic mass is 10.1. The van der Waals surface area contributed by atoms with Gasteiger partial charge in [-0.25, -0.2) is 0 Å². The van der Waals surface area contributed by atoms with E-state index in [0.717, 1.165) is 19.5 Å². The molecule has 0 N–H and O–H groups in total. The Balaban J connectivity index is 0.000000415. The van der Waals surface area contributed by atoms with Crippen molar-refractivity contribution in [2.75, 3.05) is 6.54 Å². The van der Waals surface area contributed by atoms with Gasteiger partial charge in [-0.05, 0) is 19.8 Å². The molecule has 3 heteroatoms. The summed E-state index contributed by atoms with van der Waals surface area (Å²) in [6, 6.07) is 0.713. The normalized spacial score (nSPS) is 16.6. The molecule has 1 aromatic rings. The number of aromatic nitrogens is 2. The molecule has 0 amide bonds. The number of nitrogens with zero attached hydrogens (tertiary/aromatic N) is 3. The van der Waals surface area contributed by atoms with Crippen LogP contribution < -0.4 is 0 Å². The van der Waals surface area contributed by atoms with E-state index in [1.165, 1.54) is 29.8 Å². The van der Waals surface area contributed by atoms with Crippen LogP contribution in [-0.2, 0) is 13.0 Å². The minimum Gasteiger partial charge on any atom is -0.371 e. The Hall–Kier alpha value is -1.25. The third kappa shape index (κ3) is 3.62. The van der Waals surface area contributed by atoms with Crippen molar-refractivity contribution < 1.29 is 0 Å². The van der Waals surface area contributed by atoms with Crippen LogP contribution in [0.4, 0.5) is 0 Å². The Morgan fingerprint density at radius 2 is 1.89 bits per heavy atom. The van der Waals surface area contributed by atoms with Crippen LogP contribution in [0, 0.1) is 0 Å². The van der Waals surface area contributed by atoms with Crippen LogP contribution in [-0.4, -0.2) is 21.2 Å². The van der Waals surface area contributed by atoms with Crippen molar-refractivity contribution in [2.45, 2.75) is 66.5 Å². The second-order valence-electron chi connectivity index (χ2n) is 4.70. The van der Waals surface area contributed by atoms with Gasteiger partial charge in [0.2, 0.25) is 0 Å². The van der Waals surface area contributed by atoms with Crippen LogP contribution >= 0.6 is 0 Å². The lowest BCUT2D eigenvalue weighted by Crippen LogP contribution is -2.29. The fraction of sp³-hybridized carbons (Fsp3) is 0.688. The Labute approximate surface area is 118 Å². The zero-order valence-electron chi connectivity index (χ0n) is 13.2. The third-order valence-corrected chi connectivity index (χ3v) is 3.40. The number of allylic oxidation sites excluding steroid dienone is 1. The molecule has 1 saturated carbocycles. The van der Waals surface area contributed by atoms with E-state index in [0.29, 0.717) is 6.04 Å². The molecule has 0 unspecified atom stereocenters. The van der Waals surface area contributed by atoms with Gasteiger partial charge >= 0.3 is 0 Å².